The van der Waals surface area contributed by atoms with Crippen molar-refractivity contribution in [1.29, 1.82) is 0 Å². The maximum absolute atomic E-state index is 9.71. The van der Waals surface area contributed by atoms with Crippen molar-refractivity contribution < 1.29 is 40.3 Å². The van der Waals surface area contributed by atoms with Crippen LogP contribution in [0.15, 0.2) is 0 Å². The molecule has 0 rings (SSSR count). The highest BCUT2D eigenvalue weighted by molar-refractivity contribution is 4.76. The lowest BCUT2D eigenvalue weighted by Crippen LogP contribution is -2.45. The SMILES string of the molecule is CC(C)(O)CC(C)(OO)OOC(C)(CC(C)(C)O)OO. The van der Waals surface area contributed by atoms with E-state index in [1.807, 2.05) is 0 Å². The molecule has 20 heavy (non-hydrogen) atoms. The minimum Gasteiger partial charge on any atom is -0.390 e. The second-order valence-electron chi connectivity index (χ2n) is 6.60. The minimum atomic E-state index is -1.68. The van der Waals surface area contributed by atoms with E-state index in [-0.39, 0.29) is 12.8 Å². The Hall–Kier alpha value is -0.320. The Morgan fingerprint density at radius 1 is 0.650 bits per heavy atom. The van der Waals surface area contributed by atoms with Gasteiger partial charge in [-0.2, -0.15) is 9.78 Å². The molecule has 0 spiro atoms. The van der Waals surface area contributed by atoms with E-state index in [2.05, 4.69) is 9.78 Å². The molecule has 0 amide bonds. The first-order chi connectivity index (χ1) is 8.74. The van der Waals surface area contributed by atoms with E-state index in [1.165, 1.54) is 41.5 Å². The summed E-state index contributed by atoms with van der Waals surface area (Å²) in [6, 6.07) is 0. The van der Waals surface area contributed by atoms with Gasteiger partial charge in [0.15, 0.2) is 0 Å². The minimum absolute atomic E-state index is 0.124. The third-order valence-electron chi connectivity index (χ3n) is 2.29. The van der Waals surface area contributed by atoms with Crippen molar-refractivity contribution in [2.45, 2.75) is 77.2 Å². The first kappa shape index (κ1) is 19.7. The van der Waals surface area contributed by atoms with E-state index in [9.17, 15) is 10.2 Å². The third-order valence-corrected chi connectivity index (χ3v) is 2.29. The van der Waals surface area contributed by atoms with Crippen molar-refractivity contribution in [3.63, 3.8) is 0 Å². The average Bonchev–Trinajstić information content (AvgIpc) is 2.22. The lowest BCUT2D eigenvalue weighted by Gasteiger charge is -2.35. The van der Waals surface area contributed by atoms with E-state index in [4.69, 9.17) is 20.3 Å². The van der Waals surface area contributed by atoms with Crippen molar-refractivity contribution in [3.8, 4) is 0 Å². The van der Waals surface area contributed by atoms with Crippen molar-refractivity contribution in [3.05, 3.63) is 0 Å². The molecule has 0 saturated carbocycles. The van der Waals surface area contributed by atoms with Gasteiger partial charge in [0, 0.05) is 12.8 Å². The molecule has 0 radical (unpaired) electrons. The zero-order chi connectivity index (χ0) is 16.2. The fraction of sp³-hybridized carbons (Fsp3) is 1.00. The first-order valence-electron chi connectivity index (χ1n) is 6.21. The summed E-state index contributed by atoms with van der Waals surface area (Å²) >= 11 is 0. The Morgan fingerprint density at radius 2 is 0.900 bits per heavy atom. The summed E-state index contributed by atoms with van der Waals surface area (Å²) in [5.74, 6) is -3.37. The summed E-state index contributed by atoms with van der Waals surface area (Å²) in [5.41, 5.74) is -2.40. The predicted molar refractivity (Wildman–Crippen MR) is 68.2 cm³/mol. The second-order valence-corrected chi connectivity index (χ2v) is 6.60. The maximum atomic E-state index is 9.71. The Labute approximate surface area is 118 Å². The van der Waals surface area contributed by atoms with Crippen LogP contribution >= 0.6 is 0 Å². The van der Waals surface area contributed by atoms with E-state index in [1.54, 1.807) is 0 Å². The molecule has 0 aromatic rings. The van der Waals surface area contributed by atoms with Crippen LogP contribution in [-0.4, -0.2) is 43.5 Å². The third kappa shape index (κ3) is 8.08. The van der Waals surface area contributed by atoms with Crippen LogP contribution in [0, 0.1) is 0 Å². The molecule has 4 N–H and O–H groups in total. The fourth-order valence-corrected chi connectivity index (χ4v) is 1.90. The normalized spacial score (nSPS) is 19.5. The Morgan fingerprint density at radius 3 is 1.05 bits per heavy atom. The standard InChI is InChI=1S/C12H26O8/c1-9(2,13)7-11(5,17-15)19-20-12(6,18-16)8-10(3,4)14/h13-16H,7-8H2,1-6H3. The van der Waals surface area contributed by atoms with Crippen LogP contribution in [0.1, 0.15) is 54.4 Å². The number of aliphatic hydroxyl groups is 2. The highest BCUT2D eigenvalue weighted by Crippen LogP contribution is 2.30. The molecule has 0 saturated heterocycles. The van der Waals surface area contributed by atoms with Gasteiger partial charge in [-0.15, -0.1) is 0 Å². The van der Waals surface area contributed by atoms with Crippen LogP contribution in [0.3, 0.4) is 0 Å². The van der Waals surface area contributed by atoms with Crippen LogP contribution in [0.5, 0.6) is 0 Å². The molecule has 0 aliphatic heterocycles. The molecular weight excluding hydrogens is 272 g/mol. The fourth-order valence-electron chi connectivity index (χ4n) is 1.90. The number of rotatable bonds is 9. The molecular formula is C12H26O8. The van der Waals surface area contributed by atoms with Crippen molar-refractivity contribution in [2.24, 2.45) is 0 Å². The van der Waals surface area contributed by atoms with Gasteiger partial charge >= 0.3 is 0 Å². The average molecular weight is 298 g/mol. The molecule has 0 aromatic heterocycles. The van der Waals surface area contributed by atoms with Crippen molar-refractivity contribution in [2.75, 3.05) is 0 Å². The van der Waals surface area contributed by atoms with Crippen LogP contribution in [0.25, 0.3) is 0 Å². The van der Waals surface area contributed by atoms with Gasteiger partial charge in [0.25, 0.3) is 0 Å². The molecule has 0 aliphatic rings. The largest absolute Gasteiger partial charge is 0.390 e. The Bertz CT molecular complexity index is 265. The second kappa shape index (κ2) is 6.63. The summed E-state index contributed by atoms with van der Waals surface area (Å²) in [5, 5.41) is 37.2. The van der Waals surface area contributed by atoms with E-state index < -0.39 is 22.8 Å². The summed E-state index contributed by atoms with van der Waals surface area (Å²) < 4.78 is 0. The molecule has 8 nitrogen and oxygen atoms in total. The quantitative estimate of drug-likeness (QED) is 0.288. The zero-order valence-electron chi connectivity index (χ0n) is 12.8. The van der Waals surface area contributed by atoms with Crippen LogP contribution in [0.2, 0.25) is 0 Å². The van der Waals surface area contributed by atoms with Crippen molar-refractivity contribution in [1.82, 2.24) is 0 Å². The summed E-state index contributed by atoms with van der Waals surface area (Å²) in [7, 11) is 0. The summed E-state index contributed by atoms with van der Waals surface area (Å²) in [4.78, 5) is 18.2. The molecule has 0 heterocycles. The van der Waals surface area contributed by atoms with Gasteiger partial charge in [-0.1, -0.05) is 0 Å². The van der Waals surface area contributed by atoms with Gasteiger partial charge in [-0.3, -0.25) is 0 Å². The molecule has 0 fully saturated rings. The molecule has 122 valence electrons. The highest BCUT2D eigenvalue weighted by Gasteiger charge is 2.41. The molecule has 2 unspecified atom stereocenters. The van der Waals surface area contributed by atoms with Crippen LogP contribution in [0.4, 0.5) is 0 Å². The van der Waals surface area contributed by atoms with Gasteiger partial charge in [-0.25, -0.2) is 20.3 Å². The smallest absolute Gasteiger partial charge is 0.233 e. The molecule has 0 bridgehead atoms. The van der Waals surface area contributed by atoms with E-state index in [0.717, 1.165) is 0 Å². The van der Waals surface area contributed by atoms with E-state index in [0.29, 0.717) is 0 Å². The molecule has 0 aromatic carbocycles. The first-order valence-corrected chi connectivity index (χ1v) is 6.21. The van der Waals surface area contributed by atoms with Crippen LogP contribution < -0.4 is 0 Å². The Balaban J connectivity index is 4.75. The molecule has 8 heteroatoms. The van der Waals surface area contributed by atoms with Gasteiger partial charge < -0.3 is 10.2 Å². The Kier molecular flexibility index (Phi) is 6.52. The molecule has 0 aliphatic carbocycles. The highest BCUT2D eigenvalue weighted by atomic mass is 17.3. The van der Waals surface area contributed by atoms with Crippen molar-refractivity contribution >= 4 is 0 Å². The summed E-state index contributed by atoms with van der Waals surface area (Å²) in [6.07, 6.45) is -0.249. The van der Waals surface area contributed by atoms with Gasteiger partial charge in [0.1, 0.15) is 0 Å². The van der Waals surface area contributed by atoms with E-state index >= 15 is 0 Å². The van der Waals surface area contributed by atoms with Gasteiger partial charge in [0.2, 0.25) is 11.6 Å². The topological polar surface area (TPSA) is 118 Å². The lowest BCUT2D eigenvalue weighted by atomic mass is 9.99. The monoisotopic (exact) mass is 298 g/mol. The lowest BCUT2D eigenvalue weighted by molar-refractivity contribution is -0.571. The predicted octanol–water partition coefficient (Wildman–Crippen LogP) is 1.67. The number of hydrogen-bond acceptors (Lipinski definition) is 8. The maximum Gasteiger partial charge on any atom is 0.233 e. The molecule has 2 atom stereocenters. The van der Waals surface area contributed by atoms with Crippen LogP contribution in [-0.2, 0) is 19.6 Å². The summed E-state index contributed by atoms with van der Waals surface area (Å²) in [6.45, 7) is 8.62. The van der Waals surface area contributed by atoms with Gasteiger partial charge in [-0.05, 0) is 41.5 Å². The zero-order valence-corrected chi connectivity index (χ0v) is 12.8. The number of hydrogen-bond donors (Lipinski definition) is 4. The van der Waals surface area contributed by atoms with Gasteiger partial charge in [0.05, 0.1) is 11.2 Å².